The summed E-state index contributed by atoms with van der Waals surface area (Å²) in [5, 5.41) is 18.5. The minimum atomic E-state index is -1.30. The van der Waals surface area contributed by atoms with Crippen molar-refractivity contribution in [2.24, 2.45) is 0 Å². The molecule has 1 aliphatic carbocycles. The van der Waals surface area contributed by atoms with Crippen LogP contribution in [0.15, 0.2) is 48.5 Å². The number of alkyl halides is 2. The quantitative estimate of drug-likeness (QED) is 0.839. The number of hydrogen-bond donors (Lipinski definition) is 1. The maximum atomic E-state index is 11.5. The molecule has 0 radical (unpaired) electrons. The van der Waals surface area contributed by atoms with Crippen LogP contribution in [-0.4, -0.2) is 15.4 Å². The standard InChI is InChI=1S/C17H11Cl2NO3/c18-17(19)10-16(17,15(21)22)12-5-7-13(8-6-12)23-14-4-2-1-3-11(14)9-20/h1-8H,10H2,(H,21,22). The molecule has 0 amide bonds. The third-order valence-corrected chi connectivity index (χ3v) is 4.85. The van der Waals surface area contributed by atoms with Crippen molar-refractivity contribution in [2.45, 2.75) is 16.2 Å². The highest BCUT2D eigenvalue weighted by Gasteiger charge is 2.72. The third-order valence-electron chi connectivity index (χ3n) is 3.93. The van der Waals surface area contributed by atoms with Crippen LogP contribution in [0.4, 0.5) is 0 Å². The van der Waals surface area contributed by atoms with Gasteiger partial charge in [-0.3, -0.25) is 4.79 Å². The molecule has 0 bridgehead atoms. The van der Waals surface area contributed by atoms with Gasteiger partial charge in [-0.25, -0.2) is 0 Å². The van der Waals surface area contributed by atoms with Crippen LogP contribution in [-0.2, 0) is 10.2 Å². The molecule has 3 rings (SSSR count). The molecule has 1 saturated carbocycles. The highest BCUT2D eigenvalue weighted by Crippen LogP contribution is 2.65. The molecule has 0 saturated heterocycles. The number of benzene rings is 2. The molecule has 0 aliphatic heterocycles. The summed E-state index contributed by atoms with van der Waals surface area (Å²) in [7, 11) is 0. The van der Waals surface area contributed by atoms with Gasteiger partial charge in [0.05, 0.1) is 5.56 Å². The lowest BCUT2D eigenvalue weighted by molar-refractivity contribution is -0.140. The molecule has 4 nitrogen and oxygen atoms in total. The van der Waals surface area contributed by atoms with Crippen molar-refractivity contribution in [2.75, 3.05) is 0 Å². The number of carbonyl (C=O) groups is 1. The van der Waals surface area contributed by atoms with E-state index in [4.69, 9.17) is 33.2 Å². The molecule has 2 aromatic carbocycles. The molecule has 116 valence electrons. The van der Waals surface area contributed by atoms with Crippen molar-refractivity contribution in [3.63, 3.8) is 0 Å². The second kappa shape index (κ2) is 5.45. The number of nitriles is 1. The van der Waals surface area contributed by atoms with Crippen LogP contribution >= 0.6 is 23.2 Å². The minimum absolute atomic E-state index is 0.163. The lowest BCUT2D eigenvalue weighted by atomic mass is 9.96. The summed E-state index contributed by atoms with van der Waals surface area (Å²) < 4.78 is 4.37. The van der Waals surface area contributed by atoms with E-state index in [2.05, 4.69) is 0 Å². The number of nitrogens with zero attached hydrogens (tertiary/aromatic N) is 1. The molecular weight excluding hydrogens is 337 g/mol. The molecule has 2 aromatic rings. The van der Waals surface area contributed by atoms with Crippen molar-refractivity contribution in [1.29, 1.82) is 5.26 Å². The van der Waals surface area contributed by atoms with E-state index in [1.807, 2.05) is 6.07 Å². The third kappa shape index (κ3) is 2.52. The fourth-order valence-electron chi connectivity index (χ4n) is 2.54. The van der Waals surface area contributed by atoms with Gasteiger partial charge >= 0.3 is 5.97 Å². The van der Waals surface area contributed by atoms with Gasteiger partial charge in [0, 0.05) is 6.42 Å². The molecule has 1 atom stereocenters. The Labute approximate surface area is 142 Å². The molecule has 0 spiro atoms. The van der Waals surface area contributed by atoms with Gasteiger partial charge in [0.25, 0.3) is 0 Å². The summed E-state index contributed by atoms with van der Waals surface area (Å²) in [4.78, 5) is 11.5. The number of carboxylic acid groups (broad SMARTS) is 1. The van der Waals surface area contributed by atoms with E-state index in [9.17, 15) is 9.90 Å². The van der Waals surface area contributed by atoms with E-state index >= 15 is 0 Å². The van der Waals surface area contributed by atoms with E-state index in [-0.39, 0.29) is 6.42 Å². The molecule has 1 fully saturated rings. The lowest BCUT2D eigenvalue weighted by Gasteiger charge is -2.14. The Morgan fingerprint density at radius 2 is 1.78 bits per heavy atom. The van der Waals surface area contributed by atoms with Crippen LogP contribution in [0.1, 0.15) is 17.5 Å². The number of carboxylic acids is 1. The van der Waals surface area contributed by atoms with Gasteiger partial charge in [-0.1, -0.05) is 47.5 Å². The minimum Gasteiger partial charge on any atom is -0.480 e. The second-order valence-corrected chi connectivity index (χ2v) is 6.81. The Bertz CT molecular complexity index is 811. The van der Waals surface area contributed by atoms with Crippen molar-refractivity contribution in [1.82, 2.24) is 0 Å². The molecule has 1 unspecified atom stereocenters. The molecule has 23 heavy (non-hydrogen) atoms. The van der Waals surface area contributed by atoms with Crippen molar-refractivity contribution < 1.29 is 14.6 Å². The second-order valence-electron chi connectivity index (χ2n) is 5.33. The number of ether oxygens (including phenoxy) is 1. The van der Waals surface area contributed by atoms with Gasteiger partial charge in [0.1, 0.15) is 27.3 Å². The molecular formula is C17H11Cl2NO3. The Morgan fingerprint density at radius 3 is 2.30 bits per heavy atom. The molecule has 1 aliphatic rings. The lowest BCUT2D eigenvalue weighted by Crippen LogP contribution is -2.26. The number of hydrogen-bond acceptors (Lipinski definition) is 3. The van der Waals surface area contributed by atoms with Gasteiger partial charge in [0.2, 0.25) is 0 Å². The normalized spacial score (nSPS) is 21.3. The van der Waals surface area contributed by atoms with Gasteiger partial charge < -0.3 is 9.84 Å². The van der Waals surface area contributed by atoms with E-state index < -0.39 is 15.7 Å². The topological polar surface area (TPSA) is 70.3 Å². The van der Waals surface area contributed by atoms with Crippen LogP contribution < -0.4 is 4.74 Å². The Morgan fingerprint density at radius 1 is 1.17 bits per heavy atom. The summed E-state index contributed by atoms with van der Waals surface area (Å²) in [5.41, 5.74) is -0.337. The zero-order chi connectivity index (χ0) is 16.7. The van der Waals surface area contributed by atoms with Crippen molar-refractivity contribution in [3.05, 3.63) is 59.7 Å². The van der Waals surface area contributed by atoms with Gasteiger partial charge in [-0.2, -0.15) is 5.26 Å². The predicted molar refractivity (Wildman–Crippen MR) is 86.0 cm³/mol. The Balaban J connectivity index is 1.87. The van der Waals surface area contributed by atoms with Crippen LogP contribution in [0.3, 0.4) is 0 Å². The number of aliphatic carboxylic acids is 1. The molecule has 0 heterocycles. The van der Waals surface area contributed by atoms with Crippen molar-refractivity contribution in [3.8, 4) is 17.6 Å². The van der Waals surface area contributed by atoms with Crippen LogP contribution in [0, 0.1) is 11.3 Å². The average Bonchev–Trinajstić information content (AvgIpc) is 3.13. The average molecular weight is 348 g/mol. The number of rotatable bonds is 4. The summed E-state index contributed by atoms with van der Waals surface area (Å²) >= 11 is 12.0. The number of para-hydroxylation sites is 1. The maximum Gasteiger partial charge on any atom is 0.317 e. The van der Waals surface area contributed by atoms with Gasteiger partial charge in [-0.15, -0.1) is 0 Å². The number of halogens is 2. The van der Waals surface area contributed by atoms with Crippen LogP contribution in [0.25, 0.3) is 0 Å². The highest BCUT2D eigenvalue weighted by molar-refractivity contribution is 6.54. The SMILES string of the molecule is N#Cc1ccccc1Oc1ccc(C2(C(=O)O)CC2(Cl)Cl)cc1. The molecule has 6 heteroatoms. The first-order valence-electron chi connectivity index (χ1n) is 6.79. The van der Waals surface area contributed by atoms with E-state index in [0.717, 1.165) is 0 Å². The monoisotopic (exact) mass is 347 g/mol. The molecule has 1 N–H and O–H groups in total. The van der Waals surface area contributed by atoms with Crippen LogP contribution in [0.5, 0.6) is 11.5 Å². The Kier molecular flexibility index (Phi) is 3.71. The van der Waals surface area contributed by atoms with E-state index in [1.165, 1.54) is 0 Å². The molecule has 0 aromatic heterocycles. The van der Waals surface area contributed by atoms with Gasteiger partial charge in [-0.05, 0) is 29.8 Å². The fourth-order valence-corrected chi connectivity index (χ4v) is 3.32. The highest BCUT2D eigenvalue weighted by atomic mass is 35.5. The Hall–Kier alpha value is -2.22. The first-order chi connectivity index (χ1) is 10.9. The smallest absolute Gasteiger partial charge is 0.317 e. The summed E-state index contributed by atoms with van der Waals surface area (Å²) in [6, 6.07) is 15.4. The summed E-state index contributed by atoms with van der Waals surface area (Å²) in [6.45, 7) is 0. The largest absolute Gasteiger partial charge is 0.480 e. The zero-order valence-electron chi connectivity index (χ0n) is 11.8. The first-order valence-corrected chi connectivity index (χ1v) is 7.55. The van der Waals surface area contributed by atoms with Gasteiger partial charge in [0.15, 0.2) is 0 Å². The zero-order valence-corrected chi connectivity index (χ0v) is 13.3. The fraction of sp³-hybridized carbons (Fsp3) is 0.176. The predicted octanol–water partition coefficient (Wildman–Crippen LogP) is 4.25. The van der Waals surface area contributed by atoms with Crippen molar-refractivity contribution >= 4 is 29.2 Å². The van der Waals surface area contributed by atoms with E-state index in [0.29, 0.717) is 22.6 Å². The van der Waals surface area contributed by atoms with Crippen LogP contribution in [0.2, 0.25) is 0 Å². The summed E-state index contributed by atoms with van der Waals surface area (Å²) in [5.74, 6) is -0.121. The first kappa shape index (κ1) is 15.7. The van der Waals surface area contributed by atoms with E-state index in [1.54, 1.807) is 48.5 Å². The summed E-state index contributed by atoms with van der Waals surface area (Å²) in [6.07, 6.45) is 0.163. The maximum absolute atomic E-state index is 11.5.